The van der Waals surface area contributed by atoms with Gasteiger partial charge in [0, 0.05) is 28.2 Å². The first kappa shape index (κ1) is 16.2. The molecular weight excluding hydrogens is 286 g/mol. The maximum Gasteiger partial charge on any atom is 0.220 e. The van der Waals surface area contributed by atoms with Crippen molar-refractivity contribution >= 4 is 23.0 Å². The highest BCUT2D eigenvalue weighted by Gasteiger charge is 2.24. The Morgan fingerprint density at radius 1 is 1.29 bits per heavy atom. The monoisotopic (exact) mass is 309 g/mol. The lowest BCUT2D eigenvalue weighted by Crippen LogP contribution is -2.45. The average Bonchev–Trinajstić information content (AvgIpc) is 2.78. The number of amides is 1. The van der Waals surface area contributed by atoms with E-state index in [1.54, 1.807) is 11.3 Å². The molecule has 0 bridgehead atoms. The van der Waals surface area contributed by atoms with Gasteiger partial charge in [-0.2, -0.15) is 0 Å². The fourth-order valence-electron chi connectivity index (χ4n) is 2.83. The van der Waals surface area contributed by atoms with Crippen LogP contribution in [0.1, 0.15) is 58.6 Å². The number of aryl methyl sites for hydroxylation is 2. The van der Waals surface area contributed by atoms with E-state index in [9.17, 15) is 14.7 Å². The summed E-state index contributed by atoms with van der Waals surface area (Å²) >= 11 is 1.61. The van der Waals surface area contributed by atoms with Crippen LogP contribution in [-0.4, -0.2) is 28.9 Å². The summed E-state index contributed by atoms with van der Waals surface area (Å²) in [5.74, 6) is -0.116. The highest BCUT2D eigenvalue weighted by Crippen LogP contribution is 2.22. The molecule has 1 aliphatic carbocycles. The minimum Gasteiger partial charge on any atom is -0.391 e. The SMILES string of the molecule is Cc1cc(C(=O)CCC(=O)NC2CCCCC2O)c(C)s1. The molecular formula is C16H23NO3S. The van der Waals surface area contributed by atoms with Crippen LogP contribution in [0.15, 0.2) is 6.07 Å². The van der Waals surface area contributed by atoms with Crippen LogP contribution < -0.4 is 5.32 Å². The zero-order valence-electron chi connectivity index (χ0n) is 12.6. The van der Waals surface area contributed by atoms with Gasteiger partial charge in [0.25, 0.3) is 0 Å². The predicted octanol–water partition coefficient (Wildman–Crippen LogP) is 2.75. The molecule has 5 heteroatoms. The number of aliphatic hydroxyl groups excluding tert-OH is 1. The second kappa shape index (κ2) is 7.18. The lowest BCUT2D eigenvalue weighted by Gasteiger charge is -2.28. The molecule has 4 nitrogen and oxygen atoms in total. The quantitative estimate of drug-likeness (QED) is 0.822. The number of hydrogen-bond donors (Lipinski definition) is 2. The lowest BCUT2D eigenvalue weighted by molar-refractivity contribution is -0.123. The van der Waals surface area contributed by atoms with Gasteiger partial charge in [-0.05, 0) is 32.8 Å². The van der Waals surface area contributed by atoms with E-state index >= 15 is 0 Å². The van der Waals surface area contributed by atoms with Crippen LogP contribution in [0.25, 0.3) is 0 Å². The third-order valence-electron chi connectivity index (χ3n) is 4.00. The van der Waals surface area contributed by atoms with E-state index in [1.165, 1.54) is 0 Å². The van der Waals surface area contributed by atoms with Gasteiger partial charge in [-0.15, -0.1) is 11.3 Å². The average molecular weight is 309 g/mol. The molecule has 2 N–H and O–H groups in total. The molecule has 0 spiro atoms. The number of rotatable bonds is 5. The molecule has 1 heterocycles. The van der Waals surface area contributed by atoms with Crippen molar-refractivity contribution in [2.75, 3.05) is 0 Å². The van der Waals surface area contributed by atoms with E-state index in [2.05, 4.69) is 5.32 Å². The summed E-state index contributed by atoms with van der Waals surface area (Å²) in [6.45, 7) is 3.91. The predicted molar refractivity (Wildman–Crippen MR) is 83.8 cm³/mol. The third kappa shape index (κ3) is 4.38. The number of carbonyl (C=O) groups is 2. The van der Waals surface area contributed by atoms with Crippen molar-refractivity contribution in [3.05, 3.63) is 21.4 Å². The topological polar surface area (TPSA) is 66.4 Å². The molecule has 0 radical (unpaired) electrons. The molecule has 0 aromatic carbocycles. The summed E-state index contributed by atoms with van der Waals surface area (Å²) in [7, 11) is 0. The molecule has 2 unspecified atom stereocenters. The number of nitrogens with one attached hydrogen (secondary N) is 1. The molecule has 0 aliphatic heterocycles. The van der Waals surface area contributed by atoms with E-state index in [0.717, 1.165) is 41.0 Å². The van der Waals surface area contributed by atoms with Gasteiger partial charge in [-0.25, -0.2) is 0 Å². The number of ketones is 1. The number of carbonyl (C=O) groups excluding carboxylic acids is 2. The van der Waals surface area contributed by atoms with Crippen LogP contribution in [0.2, 0.25) is 0 Å². The summed E-state index contributed by atoms with van der Waals surface area (Å²) in [5, 5.41) is 12.7. The van der Waals surface area contributed by atoms with Gasteiger partial charge in [0.15, 0.2) is 5.78 Å². The minimum atomic E-state index is -0.444. The zero-order valence-corrected chi connectivity index (χ0v) is 13.5. The van der Waals surface area contributed by atoms with Gasteiger partial charge >= 0.3 is 0 Å². The maximum absolute atomic E-state index is 12.1. The van der Waals surface area contributed by atoms with Crippen LogP contribution >= 0.6 is 11.3 Å². The van der Waals surface area contributed by atoms with Gasteiger partial charge in [-0.3, -0.25) is 9.59 Å². The number of hydrogen-bond acceptors (Lipinski definition) is 4. The van der Waals surface area contributed by atoms with Gasteiger partial charge < -0.3 is 10.4 Å². The molecule has 1 fully saturated rings. The van der Waals surface area contributed by atoms with E-state index in [1.807, 2.05) is 19.9 Å². The minimum absolute atomic E-state index is 0.0243. The smallest absolute Gasteiger partial charge is 0.220 e. The van der Waals surface area contributed by atoms with Gasteiger partial charge in [-0.1, -0.05) is 12.8 Å². The Morgan fingerprint density at radius 2 is 2.00 bits per heavy atom. The van der Waals surface area contributed by atoms with Gasteiger partial charge in [0.2, 0.25) is 5.91 Å². The molecule has 1 aromatic rings. The van der Waals surface area contributed by atoms with Gasteiger partial charge in [0.05, 0.1) is 12.1 Å². The molecule has 1 saturated carbocycles. The zero-order chi connectivity index (χ0) is 15.4. The first-order chi connectivity index (χ1) is 9.97. The van der Waals surface area contributed by atoms with Gasteiger partial charge in [0.1, 0.15) is 0 Å². The molecule has 2 rings (SSSR count). The van der Waals surface area contributed by atoms with Crippen LogP contribution in [-0.2, 0) is 4.79 Å². The van der Waals surface area contributed by atoms with Crippen molar-refractivity contribution < 1.29 is 14.7 Å². The first-order valence-electron chi connectivity index (χ1n) is 7.55. The Labute approximate surface area is 129 Å². The normalized spacial score (nSPS) is 22.0. The summed E-state index contributed by atoms with van der Waals surface area (Å²) in [4.78, 5) is 26.2. The van der Waals surface area contributed by atoms with E-state index in [-0.39, 0.29) is 30.6 Å². The molecule has 21 heavy (non-hydrogen) atoms. The van der Waals surface area contributed by atoms with Crippen molar-refractivity contribution in [2.24, 2.45) is 0 Å². The Bertz CT molecular complexity index is 524. The van der Waals surface area contributed by atoms with E-state index in [4.69, 9.17) is 0 Å². The summed E-state index contributed by atoms with van der Waals surface area (Å²) in [6.07, 6.45) is 3.60. The Morgan fingerprint density at radius 3 is 2.62 bits per heavy atom. The summed E-state index contributed by atoms with van der Waals surface area (Å²) in [5.41, 5.74) is 0.739. The Hall–Kier alpha value is -1.20. The molecule has 0 saturated heterocycles. The van der Waals surface area contributed by atoms with Crippen molar-refractivity contribution in [1.82, 2.24) is 5.32 Å². The molecule has 1 aromatic heterocycles. The van der Waals surface area contributed by atoms with Crippen LogP contribution in [0.4, 0.5) is 0 Å². The highest BCUT2D eigenvalue weighted by molar-refractivity contribution is 7.12. The van der Waals surface area contributed by atoms with Crippen LogP contribution in [0, 0.1) is 13.8 Å². The van der Waals surface area contributed by atoms with Crippen molar-refractivity contribution in [2.45, 2.75) is 64.5 Å². The van der Waals surface area contributed by atoms with Crippen LogP contribution in [0.3, 0.4) is 0 Å². The fraction of sp³-hybridized carbons (Fsp3) is 0.625. The Kier molecular flexibility index (Phi) is 5.53. The molecule has 2 atom stereocenters. The number of Topliss-reactive ketones (excluding diaryl/α,β-unsaturated/α-hetero) is 1. The molecule has 116 valence electrons. The van der Waals surface area contributed by atoms with Crippen molar-refractivity contribution in [1.29, 1.82) is 0 Å². The second-order valence-electron chi connectivity index (χ2n) is 5.78. The first-order valence-corrected chi connectivity index (χ1v) is 8.36. The molecule has 1 aliphatic rings. The maximum atomic E-state index is 12.1. The Balaban J connectivity index is 1.81. The van der Waals surface area contributed by atoms with Crippen molar-refractivity contribution in [3.8, 4) is 0 Å². The second-order valence-corrected chi connectivity index (χ2v) is 7.24. The number of aliphatic hydroxyl groups is 1. The standard InChI is InChI=1S/C16H23NO3S/c1-10-9-12(11(2)21-10)14(18)7-8-16(20)17-13-5-3-4-6-15(13)19/h9,13,15,19H,3-8H2,1-2H3,(H,17,20). The fourth-order valence-corrected chi connectivity index (χ4v) is 3.77. The lowest BCUT2D eigenvalue weighted by atomic mass is 9.92. The highest BCUT2D eigenvalue weighted by atomic mass is 32.1. The van der Waals surface area contributed by atoms with Crippen molar-refractivity contribution in [3.63, 3.8) is 0 Å². The summed E-state index contributed by atoms with van der Waals surface area (Å²) in [6, 6.07) is 1.75. The number of thiophene rings is 1. The van der Waals surface area contributed by atoms with E-state index in [0.29, 0.717) is 0 Å². The van der Waals surface area contributed by atoms with Crippen LogP contribution in [0.5, 0.6) is 0 Å². The molecule has 1 amide bonds. The third-order valence-corrected chi connectivity index (χ3v) is 4.96. The summed E-state index contributed by atoms with van der Waals surface area (Å²) < 4.78 is 0. The van der Waals surface area contributed by atoms with E-state index < -0.39 is 6.10 Å². The largest absolute Gasteiger partial charge is 0.391 e.